The maximum Gasteiger partial charge on any atom is 0.203 e. The number of aryl methyl sites for hydroxylation is 2. The van der Waals surface area contributed by atoms with Crippen molar-refractivity contribution in [3.8, 4) is 22.3 Å². The number of nitrogens with one attached hydrogen (secondary N) is 1. The van der Waals surface area contributed by atoms with E-state index in [4.69, 9.17) is 4.42 Å². The number of anilines is 5. The highest BCUT2D eigenvalue weighted by Crippen LogP contribution is 2.52. The largest absolute Gasteiger partial charge is 0.440 e. The molecule has 8 aromatic rings. The molecule has 0 unspecified atom stereocenters. The SMILES string of the molecule is CCCCCc1ccc(Nc2c(-c3cc(-c4ccccc4)cc4c3[B]c3c(oc5cc6c(cc35)C(C)(C)CCC6(C)C)N4c3cc4c(cc3C)C(C)(C)CCC4(C)C)ccc3ccccc23)cc1. The maximum absolute atomic E-state index is 7.41. The van der Waals surface area contributed by atoms with Gasteiger partial charge in [-0.25, -0.2) is 0 Å². The summed E-state index contributed by atoms with van der Waals surface area (Å²) >= 11 is 0. The minimum Gasteiger partial charge on any atom is -0.440 e. The lowest BCUT2D eigenvalue weighted by Crippen LogP contribution is -2.41. The van der Waals surface area contributed by atoms with Crippen molar-refractivity contribution in [3.63, 3.8) is 0 Å². The molecule has 2 aliphatic carbocycles. The van der Waals surface area contributed by atoms with Gasteiger partial charge in [-0.3, -0.25) is 4.90 Å². The van der Waals surface area contributed by atoms with E-state index < -0.39 is 0 Å². The zero-order chi connectivity index (χ0) is 47.3. The molecule has 3 aliphatic rings. The Kier molecular flexibility index (Phi) is 10.7. The fourth-order valence-electron chi connectivity index (χ4n) is 12.0. The highest BCUT2D eigenvalue weighted by atomic mass is 16.4. The van der Waals surface area contributed by atoms with Gasteiger partial charge >= 0.3 is 0 Å². The van der Waals surface area contributed by atoms with E-state index in [9.17, 15) is 0 Å². The van der Waals surface area contributed by atoms with Crippen LogP contribution < -0.4 is 21.1 Å². The summed E-state index contributed by atoms with van der Waals surface area (Å²) in [5.74, 6) is 0.897. The van der Waals surface area contributed by atoms with E-state index in [-0.39, 0.29) is 21.7 Å². The molecule has 1 N–H and O–H groups in total. The van der Waals surface area contributed by atoms with Crippen LogP contribution >= 0.6 is 0 Å². The zero-order valence-electron chi connectivity index (χ0n) is 42.2. The van der Waals surface area contributed by atoms with Crippen LogP contribution in [0.5, 0.6) is 0 Å². The molecule has 1 radical (unpaired) electrons. The fourth-order valence-corrected chi connectivity index (χ4v) is 12.0. The summed E-state index contributed by atoms with van der Waals surface area (Å²) < 4.78 is 7.41. The lowest BCUT2D eigenvalue weighted by Gasteiger charge is -2.43. The van der Waals surface area contributed by atoms with Gasteiger partial charge in [0.2, 0.25) is 7.28 Å². The number of hydrogen-bond acceptors (Lipinski definition) is 3. The summed E-state index contributed by atoms with van der Waals surface area (Å²) in [7, 11) is 2.47. The van der Waals surface area contributed by atoms with Gasteiger partial charge in [-0.15, -0.1) is 0 Å². The predicted octanol–water partition coefficient (Wildman–Crippen LogP) is 16.8. The van der Waals surface area contributed by atoms with Crippen LogP contribution in [0.25, 0.3) is 44.0 Å². The minimum absolute atomic E-state index is 0.0292. The Morgan fingerprint density at radius 1 is 0.559 bits per heavy atom. The normalized spacial score (nSPS) is 17.2. The predicted molar refractivity (Wildman–Crippen MR) is 293 cm³/mol. The lowest BCUT2D eigenvalue weighted by molar-refractivity contribution is 0.332. The van der Waals surface area contributed by atoms with Gasteiger partial charge in [0.05, 0.1) is 11.4 Å². The van der Waals surface area contributed by atoms with Gasteiger partial charge in [-0.2, -0.15) is 0 Å². The van der Waals surface area contributed by atoms with Gasteiger partial charge in [-0.1, -0.05) is 160 Å². The number of rotatable bonds is 9. The molecule has 343 valence electrons. The van der Waals surface area contributed by atoms with Gasteiger partial charge in [0.25, 0.3) is 0 Å². The van der Waals surface area contributed by atoms with Crippen molar-refractivity contribution in [1.82, 2.24) is 0 Å². The Morgan fingerprint density at radius 2 is 1.19 bits per heavy atom. The average Bonchev–Trinajstić information content (AvgIpc) is 3.69. The summed E-state index contributed by atoms with van der Waals surface area (Å²) in [6, 6.07) is 48.4. The van der Waals surface area contributed by atoms with Crippen LogP contribution in [-0.4, -0.2) is 7.28 Å². The second kappa shape index (κ2) is 16.3. The number of benzene rings is 7. The number of unbranched alkanes of at least 4 members (excludes halogenated alkanes) is 2. The molecule has 0 amide bonds. The summed E-state index contributed by atoms with van der Waals surface area (Å²) in [5, 5.41) is 7.62. The molecular formula is C64H68BN2O. The first-order chi connectivity index (χ1) is 32.5. The molecule has 0 saturated heterocycles. The van der Waals surface area contributed by atoms with Crippen LogP contribution in [0.3, 0.4) is 0 Å². The lowest BCUT2D eigenvalue weighted by atomic mass is 9.57. The average molecular weight is 892 g/mol. The Balaban J connectivity index is 1.20. The van der Waals surface area contributed by atoms with Crippen molar-refractivity contribution in [2.75, 3.05) is 10.2 Å². The van der Waals surface area contributed by atoms with Gasteiger partial charge in [0, 0.05) is 27.7 Å². The first kappa shape index (κ1) is 44.5. The highest BCUT2D eigenvalue weighted by molar-refractivity contribution is 6.75. The monoisotopic (exact) mass is 892 g/mol. The van der Waals surface area contributed by atoms with Crippen LogP contribution in [0, 0.1) is 6.92 Å². The molecular weight excluding hydrogens is 824 g/mol. The zero-order valence-corrected chi connectivity index (χ0v) is 42.2. The molecule has 0 fully saturated rings. The van der Waals surface area contributed by atoms with E-state index in [1.165, 1.54) is 109 Å². The van der Waals surface area contributed by atoms with Gasteiger partial charge in [-0.05, 0) is 176 Å². The third kappa shape index (κ3) is 7.49. The molecule has 2 heterocycles. The van der Waals surface area contributed by atoms with Crippen molar-refractivity contribution in [1.29, 1.82) is 0 Å². The molecule has 0 atom stereocenters. The van der Waals surface area contributed by atoms with Crippen molar-refractivity contribution >= 4 is 68.6 Å². The number of hydrogen-bond donors (Lipinski definition) is 1. The van der Waals surface area contributed by atoms with Crippen molar-refractivity contribution in [3.05, 3.63) is 161 Å². The standard InChI is InChI=1S/C64H68BN2O/c1-11-12-14-19-41-24-27-45(28-25-41)66-59-46-23-18-17-22-43(46)26-29-47(59)48-35-44(42-20-15-13-16-21-42)36-55-57(48)65-58-49-37-51-53(64(9,10)33-31-62(51,5)6)39-56(49)68-60(58)67(55)54-38-52-50(34-40(54)2)61(3,4)30-32-63(52,7)8/h13,15-18,20-29,34-39,66H,11-12,14,19,30-33H2,1-10H3. The third-order valence-corrected chi connectivity index (χ3v) is 16.6. The number of nitrogens with zero attached hydrogens (tertiary/aromatic N) is 1. The molecule has 0 bridgehead atoms. The van der Waals surface area contributed by atoms with Crippen molar-refractivity contribution in [2.45, 2.75) is 142 Å². The molecule has 3 nitrogen and oxygen atoms in total. The van der Waals surface area contributed by atoms with E-state index in [1.807, 2.05) is 0 Å². The highest BCUT2D eigenvalue weighted by Gasteiger charge is 2.42. The molecule has 1 aliphatic heterocycles. The fraction of sp³-hybridized carbons (Fsp3) is 0.344. The summed E-state index contributed by atoms with van der Waals surface area (Å²) in [6.07, 6.45) is 9.45. The van der Waals surface area contributed by atoms with E-state index in [0.29, 0.717) is 0 Å². The molecule has 11 rings (SSSR count). The first-order valence-corrected chi connectivity index (χ1v) is 25.6. The summed E-state index contributed by atoms with van der Waals surface area (Å²) in [4.78, 5) is 2.51. The van der Waals surface area contributed by atoms with E-state index >= 15 is 0 Å². The minimum atomic E-state index is 0.0292. The molecule has 68 heavy (non-hydrogen) atoms. The Labute approximate surface area is 406 Å². The maximum atomic E-state index is 7.41. The number of furan rings is 1. The Morgan fingerprint density at radius 3 is 1.88 bits per heavy atom. The second-order valence-electron chi connectivity index (χ2n) is 23.2. The van der Waals surface area contributed by atoms with E-state index in [0.717, 1.165) is 59.7 Å². The van der Waals surface area contributed by atoms with Crippen LogP contribution in [0.2, 0.25) is 0 Å². The molecule has 1 aromatic heterocycles. The van der Waals surface area contributed by atoms with Crippen LogP contribution in [0.1, 0.15) is 141 Å². The summed E-state index contributed by atoms with van der Waals surface area (Å²) in [6.45, 7) is 24.0. The van der Waals surface area contributed by atoms with E-state index in [1.54, 1.807) is 0 Å². The Hall–Kier alpha value is -6.00. The van der Waals surface area contributed by atoms with Gasteiger partial charge in [0.1, 0.15) is 5.58 Å². The Bertz CT molecular complexity index is 3260. The van der Waals surface area contributed by atoms with Gasteiger partial charge in [0.15, 0.2) is 5.88 Å². The smallest absolute Gasteiger partial charge is 0.203 e. The van der Waals surface area contributed by atoms with Crippen LogP contribution in [-0.2, 0) is 28.1 Å². The third-order valence-electron chi connectivity index (χ3n) is 16.6. The van der Waals surface area contributed by atoms with Crippen molar-refractivity contribution in [2.24, 2.45) is 0 Å². The van der Waals surface area contributed by atoms with E-state index in [2.05, 4.69) is 214 Å². The molecule has 7 aromatic carbocycles. The summed E-state index contributed by atoms with van der Waals surface area (Å²) in [5.41, 5.74) is 21.2. The molecule has 0 spiro atoms. The van der Waals surface area contributed by atoms with Crippen molar-refractivity contribution < 1.29 is 4.42 Å². The topological polar surface area (TPSA) is 28.4 Å². The van der Waals surface area contributed by atoms with Gasteiger partial charge < -0.3 is 9.73 Å². The quantitative estimate of drug-likeness (QED) is 0.116. The second-order valence-corrected chi connectivity index (χ2v) is 23.2. The first-order valence-electron chi connectivity index (χ1n) is 25.6. The van der Waals surface area contributed by atoms with Crippen LogP contribution in [0.4, 0.5) is 28.6 Å². The van der Waals surface area contributed by atoms with Crippen LogP contribution in [0.15, 0.2) is 132 Å². The molecule has 4 heteroatoms. The molecule has 0 saturated carbocycles. The number of fused-ring (bicyclic) bond motifs is 7.